The third-order valence-electron chi connectivity index (χ3n) is 6.66. The molecule has 0 N–H and O–H groups in total. The maximum Gasteiger partial charge on any atom is 0.237 e. The van der Waals surface area contributed by atoms with Gasteiger partial charge in [0, 0.05) is 32.2 Å². The SMILES string of the molecule is CN(C)c1cc2c(cc1F)c(=O)c(-c1noc(C(C)(C)c3ccc(F)cc3)n1)cn2Cc1ccc(F)cc1. The van der Waals surface area contributed by atoms with E-state index in [0.717, 1.165) is 11.1 Å². The van der Waals surface area contributed by atoms with Crippen LogP contribution in [0.15, 0.2) is 76.2 Å². The summed E-state index contributed by atoms with van der Waals surface area (Å²) >= 11 is 0. The van der Waals surface area contributed by atoms with Crippen LogP contribution in [0.25, 0.3) is 22.3 Å². The second-order valence-electron chi connectivity index (χ2n) is 9.90. The number of hydrogen-bond donors (Lipinski definition) is 0. The minimum absolute atomic E-state index is 0.0482. The molecule has 38 heavy (non-hydrogen) atoms. The van der Waals surface area contributed by atoms with Crippen LogP contribution in [0.5, 0.6) is 0 Å². The largest absolute Gasteiger partial charge is 0.375 e. The molecule has 0 aliphatic rings. The summed E-state index contributed by atoms with van der Waals surface area (Å²) in [4.78, 5) is 19.7. The lowest BCUT2D eigenvalue weighted by Gasteiger charge is -2.20. The minimum Gasteiger partial charge on any atom is -0.375 e. The third-order valence-corrected chi connectivity index (χ3v) is 6.66. The Labute approximate surface area is 217 Å². The molecule has 194 valence electrons. The van der Waals surface area contributed by atoms with Gasteiger partial charge in [0.2, 0.25) is 17.1 Å². The van der Waals surface area contributed by atoms with E-state index in [9.17, 15) is 18.0 Å². The second-order valence-corrected chi connectivity index (χ2v) is 9.90. The molecule has 0 bridgehead atoms. The van der Waals surface area contributed by atoms with Gasteiger partial charge in [-0.3, -0.25) is 4.79 Å². The van der Waals surface area contributed by atoms with Gasteiger partial charge in [0.15, 0.2) is 0 Å². The normalized spacial score (nSPS) is 11.8. The highest BCUT2D eigenvalue weighted by Crippen LogP contribution is 2.32. The van der Waals surface area contributed by atoms with E-state index in [1.54, 1.807) is 60.1 Å². The maximum atomic E-state index is 15.0. The summed E-state index contributed by atoms with van der Waals surface area (Å²) in [5.41, 5.74) is 1.26. The van der Waals surface area contributed by atoms with Crippen molar-refractivity contribution >= 4 is 16.6 Å². The number of aromatic nitrogens is 3. The number of nitrogens with zero attached hydrogens (tertiary/aromatic N) is 4. The highest BCUT2D eigenvalue weighted by atomic mass is 19.1. The van der Waals surface area contributed by atoms with Crippen molar-refractivity contribution in [1.82, 2.24) is 14.7 Å². The third kappa shape index (κ3) is 4.55. The van der Waals surface area contributed by atoms with Gasteiger partial charge in [0.25, 0.3) is 0 Å². The smallest absolute Gasteiger partial charge is 0.237 e. The minimum atomic E-state index is -0.768. The summed E-state index contributed by atoms with van der Waals surface area (Å²) in [7, 11) is 3.43. The van der Waals surface area contributed by atoms with E-state index in [-0.39, 0.29) is 40.8 Å². The van der Waals surface area contributed by atoms with Crippen molar-refractivity contribution in [3.8, 4) is 11.4 Å². The van der Waals surface area contributed by atoms with Gasteiger partial charge in [-0.15, -0.1) is 0 Å². The quantitative estimate of drug-likeness (QED) is 0.280. The van der Waals surface area contributed by atoms with Crippen molar-refractivity contribution in [3.05, 3.63) is 112 Å². The average Bonchev–Trinajstić information content (AvgIpc) is 3.38. The second kappa shape index (κ2) is 9.48. The number of halogens is 3. The molecule has 0 unspecified atom stereocenters. The summed E-state index contributed by atoms with van der Waals surface area (Å²) in [6, 6.07) is 14.8. The number of fused-ring (bicyclic) bond motifs is 1. The summed E-state index contributed by atoms with van der Waals surface area (Å²) in [6.07, 6.45) is 1.60. The number of pyridine rings is 1. The maximum absolute atomic E-state index is 15.0. The summed E-state index contributed by atoms with van der Waals surface area (Å²) < 4.78 is 49.2. The lowest BCUT2D eigenvalue weighted by Crippen LogP contribution is -2.19. The summed E-state index contributed by atoms with van der Waals surface area (Å²) in [5, 5.41) is 4.22. The van der Waals surface area contributed by atoms with Crippen LogP contribution in [-0.2, 0) is 12.0 Å². The lowest BCUT2D eigenvalue weighted by molar-refractivity contribution is 0.332. The first kappa shape index (κ1) is 25.3. The molecule has 0 radical (unpaired) electrons. The molecule has 3 aromatic carbocycles. The Morgan fingerprint density at radius 2 is 1.58 bits per heavy atom. The number of rotatable bonds is 6. The summed E-state index contributed by atoms with van der Waals surface area (Å²) in [5.74, 6) is -0.987. The molecule has 0 amide bonds. The topological polar surface area (TPSA) is 64.2 Å². The Hall–Kier alpha value is -4.40. The molecule has 5 rings (SSSR count). The number of benzene rings is 3. The van der Waals surface area contributed by atoms with Gasteiger partial charge < -0.3 is 14.0 Å². The Morgan fingerprint density at radius 1 is 0.947 bits per heavy atom. The molecule has 0 aliphatic heterocycles. The fraction of sp³-hybridized carbons (Fsp3) is 0.207. The van der Waals surface area contributed by atoms with Gasteiger partial charge in [-0.25, -0.2) is 13.2 Å². The number of hydrogen-bond acceptors (Lipinski definition) is 5. The highest BCUT2D eigenvalue weighted by molar-refractivity contribution is 5.86. The zero-order chi connectivity index (χ0) is 27.2. The van der Waals surface area contributed by atoms with Crippen LogP contribution in [-0.4, -0.2) is 28.8 Å². The zero-order valence-corrected chi connectivity index (χ0v) is 21.3. The van der Waals surface area contributed by atoms with Crippen LogP contribution < -0.4 is 10.3 Å². The standard InChI is InChI=1S/C29H25F3N4O2/c1-29(2,18-7-11-20(31)12-8-18)28-33-27(34-38-28)22-16-36(15-17-5-9-19(30)10-6-17)24-14-25(35(3)4)23(32)13-21(24)26(22)37/h5-14,16H,15H2,1-4H3. The van der Waals surface area contributed by atoms with Gasteiger partial charge in [-0.2, -0.15) is 4.98 Å². The predicted octanol–water partition coefficient (Wildman–Crippen LogP) is 5.91. The Bertz CT molecular complexity index is 1690. The van der Waals surface area contributed by atoms with Crippen molar-refractivity contribution in [2.24, 2.45) is 0 Å². The van der Waals surface area contributed by atoms with Crippen LogP contribution >= 0.6 is 0 Å². The fourth-order valence-corrected chi connectivity index (χ4v) is 4.40. The van der Waals surface area contributed by atoms with Crippen molar-refractivity contribution in [1.29, 1.82) is 0 Å². The van der Waals surface area contributed by atoms with Crippen molar-refractivity contribution in [3.63, 3.8) is 0 Å². The van der Waals surface area contributed by atoms with E-state index in [2.05, 4.69) is 10.1 Å². The van der Waals surface area contributed by atoms with E-state index in [1.165, 1.54) is 30.3 Å². The van der Waals surface area contributed by atoms with Crippen LogP contribution in [0.3, 0.4) is 0 Å². The average molecular weight is 519 g/mol. The molecular formula is C29H25F3N4O2. The van der Waals surface area contributed by atoms with Gasteiger partial charge >= 0.3 is 0 Å². The van der Waals surface area contributed by atoms with Gasteiger partial charge in [-0.05, 0) is 61.4 Å². The molecule has 0 spiro atoms. The number of anilines is 1. The van der Waals surface area contributed by atoms with Crippen LogP contribution in [0.1, 0.15) is 30.9 Å². The van der Waals surface area contributed by atoms with E-state index < -0.39 is 16.7 Å². The molecule has 2 aromatic heterocycles. The first-order valence-corrected chi connectivity index (χ1v) is 11.9. The fourth-order valence-electron chi connectivity index (χ4n) is 4.40. The Kier molecular flexibility index (Phi) is 6.30. The molecule has 9 heteroatoms. The zero-order valence-electron chi connectivity index (χ0n) is 21.3. The lowest BCUT2D eigenvalue weighted by atomic mass is 9.84. The first-order valence-electron chi connectivity index (χ1n) is 11.9. The molecule has 6 nitrogen and oxygen atoms in total. The van der Waals surface area contributed by atoms with Crippen molar-refractivity contribution in [2.75, 3.05) is 19.0 Å². The monoisotopic (exact) mass is 518 g/mol. The molecule has 0 fully saturated rings. The Balaban J connectivity index is 1.66. The van der Waals surface area contributed by atoms with Gasteiger partial charge in [0.1, 0.15) is 17.5 Å². The highest BCUT2D eigenvalue weighted by Gasteiger charge is 2.31. The van der Waals surface area contributed by atoms with Gasteiger partial charge in [-0.1, -0.05) is 29.4 Å². The Morgan fingerprint density at radius 3 is 2.21 bits per heavy atom. The molecule has 0 saturated carbocycles. The molecule has 0 aliphatic carbocycles. The van der Waals surface area contributed by atoms with Crippen molar-refractivity contribution in [2.45, 2.75) is 25.8 Å². The molecule has 5 aromatic rings. The predicted molar refractivity (Wildman–Crippen MR) is 140 cm³/mol. The van der Waals surface area contributed by atoms with Crippen LogP contribution in [0, 0.1) is 17.5 Å². The summed E-state index contributed by atoms with van der Waals surface area (Å²) in [6.45, 7) is 3.99. The van der Waals surface area contributed by atoms with E-state index in [0.29, 0.717) is 11.2 Å². The van der Waals surface area contributed by atoms with Crippen LogP contribution in [0.4, 0.5) is 18.9 Å². The molecule has 2 heterocycles. The van der Waals surface area contributed by atoms with Crippen molar-refractivity contribution < 1.29 is 17.7 Å². The van der Waals surface area contributed by atoms with E-state index >= 15 is 0 Å². The van der Waals surface area contributed by atoms with Gasteiger partial charge in [0.05, 0.1) is 22.2 Å². The van der Waals surface area contributed by atoms with E-state index in [1.807, 2.05) is 13.8 Å². The van der Waals surface area contributed by atoms with Crippen LogP contribution in [0.2, 0.25) is 0 Å². The van der Waals surface area contributed by atoms with E-state index in [4.69, 9.17) is 4.52 Å². The molecule has 0 atom stereocenters. The first-order chi connectivity index (χ1) is 18.0. The molecular weight excluding hydrogens is 493 g/mol. The molecule has 0 saturated heterocycles.